The van der Waals surface area contributed by atoms with Crippen molar-refractivity contribution in [1.82, 2.24) is 14.9 Å². The molecule has 1 aliphatic carbocycles. The fourth-order valence-corrected chi connectivity index (χ4v) is 4.56. The molecule has 0 unspecified atom stereocenters. The van der Waals surface area contributed by atoms with E-state index in [1.807, 2.05) is 18.2 Å². The van der Waals surface area contributed by atoms with Crippen LogP contribution >= 0.6 is 0 Å². The summed E-state index contributed by atoms with van der Waals surface area (Å²) in [7, 11) is 0. The molecule has 0 spiro atoms. The molecule has 0 radical (unpaired) electrons. The van der Waals surface area contributed by atoms with Crippen LogP contribution < -0.4 is 15.1 Å². The monoisotopic (exact) mass is 482 g/mol. The van der Waals surface area contributed by atoms with E-state index < -0.39 is 0 Å². The van der Waals surface area contributed by atoms with Gasteiger partial charge >= 0.3 is 6.01 Å². The minimum Gasteiger partial charge on any atom is -0.508 e. The van der Waals surface area contributed by atoms with Crippen LogP contribution in [0.2, 0.25) is 0 Å². The number of hydrogen-bond donors (Lipinski definition) is 2. The largest absolute Gasteiger partial charge is 0.508 e. The van der Waals surface area contributed by atoms with E-state index in [2.05, 4.69) is 34.1 Å². The molecule has 190 valence electrons. The highest BCUT2D eigenvalue weighted by molar-refractivity contribution is 6.03. The highest BCUT2D eigenvalue weighted by Gasteiger charge is 2.17. The number of benzene rings is 1. The van der Waals surface area contributed by atoms with E-state index >= 15 is 0 Å². The van der Waals surface area contributed by atoms with Gasteiger partial charge in [-0.05, 0) is 55.9 Å². The van der Waals surface area contributed by atoms with Crippen molar-refractivity contribution in [2.45, 2.75) is 46.0 Å². The molecule has 2 N–H and O–H groups in total. The van der Waals surface area contributed by atoms with Crippen molar-refractivity contribution in [1.29, 1.82) is 0 Å². The van der Waals surface area contributed by atoms with Crippen molar-refractivity contribution in [3.63, 3.8) is 0 Å². The van der Waals surface area contributed by atoms with E-state index in [0.29, 0.717) is 24.2 Å². The van der Waals surface area contributed by atoms with Crippen molar-refractivity contribution in [2.75, 3.05) is 62.9 Å². The van der Waals surface area contributed by atoms with Crippen molar-refractivity contribution in [3.8, 4) is 11.8 Å². The second-order valence-corrected chi connectivity index (χ2v) is 9.05. The van der Waals surface area contributed by atoms with Crippen LogP contribution in [0.5, 0.6) is 11.8 Å². The van der Waals surface area contributed by atoms with Gasteiger partial charge in [0.15, 0.2) is 5.82 Å². The summed E-state index contributed by atoms with van der Waals surface area (Å²) in [6, 6.07) is 7.81. The topological polar surface area (TPSA) is 95.3 Å². The standard InChI is InChI=1S/C26H38N6O3/c1-3-10-32(11-4-2)25-19-24(27-26(28-25)35-17-14-31-12-15-34-16-13-31)30-29-23-7-5-6-20-18-21(33)8-9-22(20)23/h8-9,18-19,33H,3-7,10-17H2,1-2H3,(H,27,28,30)/b29-23+. The fourth-order valence-electron chi connectivity index (χ4n) is 4.56. The summed E-state index contributed by atoms with van der Waals surface area (Å²) in [6.07, 6.45) is 4.90. The second kappa shape index (κ2) is 12.7. The molecule has 9 nitrogen and oxygen atoms in total. The van der Waals surface area contributed by atoms with Gasteiger partial charge in [-0.15, -0.1) is 0 Å². The number of hydrazone groups is 1. The quantitative estimate of drug-likeness (QED) is 0.469. The Kier molecular flexibility index (Phi) is 9.14. The number of aryl methyl sites for hydroxylation is 1. The number of morpholine rings is 1. The van der Waals surface area contributed by atoms with Gasteiger partial charge in [-0.1, -0.05) is 13.8 Å². The number of nitrogens with one attached hydrogen (secondary N) is 1. The van der Waals surface area contributed by atoms with Crippen molar-refractivity contribution in [2.24, 2.45) is 5.10 Å². The smallest absolute Gasteiger partial charge is 0.320 e. The van der Waals surface area contributed by atoms with Gasteiger partial charge in [0.2, 0.25) is 0 Å². The lowest BCUT2D eigenvalue weighted by Crippen LogP contribution is -2.38. The first-order valence-electron chi connectivity index (χ1n) is 12.9. The number of nitrogens with zero attached hydrogens (tertiary/aromatic N) is 5. The number of anilines is 2. The lowest BCUT2D eigenvalue weighted by Gasteiger charge is -2.26. The lowest BCUT2D eigenvalue weighted by atomic mass is 9.90. The molecule has 0 atom stereocenters. The molecule has 0 amide bonds. The van der Waals surface area contributed by atoms with E-state index in [0.717, 1.165) is 101 Å². The molecule has 0 saturated carbocycles. The summed E-state index contributed by atoms with van der Waals surface area (Å²) in [5, 5.41) is 14.5. The van der Waals surface area contributed by atoms with Gasteiger partial charge in [0.25, 0.3) is 0 Å². The molecule has 1 saturated heterocycles. The van der Waals surface area contributed by atoms with Gasteiger partial charge in [-0.3, -0.25) is 10.3 Å². The van der Waals surface area contributed by atoms with Gasteiger partial charge in [-0.2, -0.15) is 15.1 Å². The number of hydrogen-bond acceptors (Lipinski definition) is 9. The molecule has 35 heavy (non-hydrogen) atoms. The lowest BCUT2D eigenvalue weighted by molar-refractivity contribution is 0.0317. The minimum atomic E-state index is 0.296. The molecular weight excluding hydrogens is 444 g/mol. The zero-order valence-corrected chi connectivity index (χ0v) is 21.0. The predicted octanol–water partition coefficient (Wildman–Crippen LogP) is 3.67. The van der Waals surface area contributed by atoms with Crippen LogP contribution in [0.15, 0.2) is 29.4 Å². The molecule has 1 aromatic heterocycles. The molecule has 1 fully saturated rings. The molecule has 0 bridgehead atoms. The highest BCUT2D eigenvalue weighted by atomic mass is 16.5. The van der Waals surface area contributed by atoms with Crippen molar-refractivity contribution >= 4 is 17.3 Å². The second-order valence-electron chi connectivity index (χ2n) is 9.05. The van der Waals surface area contributed by atoms with Gasteiger partial charge < -0.3 is 19.5 Å². The first-order chi connectivity index (χ1) is 17.2. The highest BCUT2D eigenvalue weighted by Crippen LogP contribution is 2.26. The average Bonchev–Trinajstić information content (AvgIpc) is 2.87. The van der Waals surface area contributed by atoms with Crippen molar-refractivity contribution in [3.05, 3.63) is 35.4 Å². The maximum atomic E-state index is 9.84. The summed E-state index contributed by atoms with van der Waals surface area (Å²) in [5.41, 5.74) is 6.35. The number of phenolic OH excluding ortho intramolecular Hbond substituents is 1. The summed E-state index contributed by atoms with van der Waals surface area (Å²) >= 11 is 0. The molecule has 1 aromatic carbocycles. The maximum absolute atomic E-state index is 9.84. The van der Waals surface area contributed by atoms with Crippen LogP contribution in [0.4, 0.5) is 11.6 Å². The van der Waals surface area contributed by atoms with Crippen LogP contribution in [0, 0.1) is 0 Å². The van der Waals surface area contributed by atoms with Crippen molar-refractivity contribution < 1.29 is 14.6 Å². The third kappa shape index (κ3) is 7.05. The predicted molar refractivity (Wildman–Crippen MR) is 139 cm³/mol. The Bertz CT molecular complexity index is 987. The fraction of sp³-hybridized carbons (Fsp3) is 0.577. The van der Waals surface area contributed by atoms with Crippen LogP contribution in [-0.2, 0) is 11.2 Å². The average molecular weight is 483 g/mol. The molecule has 2 aliphatic rings. The SMILES string of the molecule is CCCN(CCC)c1cc(N/N=C2\CCCc3cc(O)ccc32)nc(OCCN2CCOCC2)n1. The Balaban J connectivity index is 1.52. The molecule has 4 rings (SSSR count). The van der Waals surface area contributed by atoms with E-state index in [4.69, 9.17) is 19.6 Å². The Morgan fingerprint density at radius 3 is 2.69 bits per heavy atom. The Hall–Kier alpha value is -2.91. The number of fused-ring (bicyclic) bond motifs is 1. The number of ether oxygens (including phenoxy) is 2. The van der Waals surface area contributed by atoms with E-state index in [1.54, 1.807) is 6.07 Å². The Labute approximate surface area is 208 Å². The third-order valence-corrected chi connectivity index (χ3v) is 6.31. The number of phenols is 1. The Morgan fingerprint density at radius 1 is 1.11 bits per heavy atom. The van der Waals surface area contributed by atoms with Crippen LogP contribution in [0.1, 0.15) is 50.7 Å². The first-order valence-corrected chi connectivity index (χ1v) is 12.9. The number of aromatic nitrogens is 2. The molecule has 9 heteroatoms. The van der Waals surface area contributed by atoms with Gasteiger partial charge in [0.05, 0.1) is 18.9 Å². The normalized spacial score (nSPS) is 17.3. The van der Waals surface area contributed by atoms with E-state index in [-0.39, 0.29) is 0 Å². The van der Waals surface area contributed by atoms with E-state index in [1.165, 1.54) is 0 Å². The number of rotatable bonds is 11. The maximum Gasteiger partial charge on any atom is 0.320 e. The van der Waals surface area contributed by atoms with Crippen LogP contribution in [0.25, 0.3) is 0 Å². The number of aromatic hydroxyl groups is 1. The van der Waals surface area contributed by atoms with Crippen LogP contribution in [0.3, 0.4) is 0 Å². The van der Waals surface area contributed by atoms with Gasteiger partial charge in [-0.25, -0.2) is 0 Å². The summed E-state index contributed by atoms with van der Waals surface area (Å²) in [4.78, 5) is 13.9. The third-order valence-electron chi connectivity index (χ3n) is 6.31. The first kappa shape index (κ1) is 25.2. The van der Waals surface area contributed by atoms with Gasteiger partial charge in [0, 0.05) is 44.4 Å². The molecular formula is C26H38N6O3. The molecule has 2 aromatic rings. The summed E-state index contributed by atoms with van der Waals surface area (Å²) in [6.45, 7) is 10.9. The molecule has 1 aliphatic heterocycles. The zero-order chi connectivity index (χ0) is 24.5. The van der Waals surface area contributed by atoms with Gasteiger partial charge in [0.1, 0.15) is 18.2 Å². The summed E-state index contributed by atoms with van der Waals surface area (Å²) < 4.78 is 11.4. The minimum absolute atomic E-state index is 0.296. The van der Waals surface area contributed by atoms with E-state index in [9.17, 15) is 5.11 Å². The zero-order valence-electron chi connectivity index (χ0n) is 21.0. The molecule has 2 heterocycles. The Morgan fingerprint density at radius 2 is 1.91 bits per heavy atom. The summed E-state index contributed by atoms with van der Waals surface area (Å²) in [5.74, 6) is 1.76. The van der Waals surface area contributed by atoms with Crippen LogP contribution in [-0.4, -0.2) is 78.2 Å².